The molecule has 0 spiro atoms. The van der Waals surface area contributed by atoms with Crippen LogP contribution in [0.4, 0.5) is 0 Å². The zero-order chi connectivity index (χ0) is 22.0. The number of hydrogen-bond acceptors (Lipinski definition) is 6. The molecule has 6 nitrogen and oxygen atoms in total. The van der Waals surface area contributed by atoms with Crippen LogP contribution in [-0.4, -0.2) is 35.9 Å². The molecule has 0 bridgehead atoms. The summed E-state index contributed by atoms with van der Waals surface area (Å²) >= 11 is 3.01. The van der Waals surface area contributed by atoms with E-state index in [9.17, 15) is 4.79 Å². The number of benzene rings is 1. The van der Waals surface area contributed by atoms with Crippen LogP contribution in [0.2, 0.25) is 0 Å². The van der Waals surface area contributed by atoms with Crippen molar-refractivity contribution in [3.8, 4) is 16.5 Å². The molecule has 3 heterocycles. The second-order valence-corrected chi connectivity index (χ2v) is 9.29. The van der Waals surface area contributed by atoms with Crippen LogP contribution < -0.4 is 0 Å². The lowest BCUT2D eigenvalue weighted by Gasteiger charge is -2.09. The van der Waals surface area contributed by atoms with E-state index in [1.165, 1.54) is 17.3 Å². The number of thioether (sulfide) groups is 1. The van der Waals surface area contributed by atoms with E-state index in [1.807, 2.05) is 35.9 Å². The van der Waals surface area contributed by atoms with Crippen LogP contribution in [0.25, 0.3) is 16.5 Å². The van der Waals surface area contributed by atoms with Crippen molar-refractivity contribution >= 4 is 28.9 Å². The highest BCUT2D eigenvalue weighted by molar-refractivity contribution is 7.99. The Hall–Kier alpha value is -2.71. The summed E-state index contributed by atoms with van der Waals surface area (Å²) in [5.41, 5.74) is 4.90. The van der Waals surface area contributed by atoms with Crippen LogP contribution in [0, 0.1) is 20.8 Å². The Bertz CT molecular complexity index is 1210. The number of hydrogen-bond donors (Lipinski definition) is 0. The molecule has 3 aromatic heterocycles. The molecule has 160 valence electrons. The molecule has 0 fully saturated rings. The van der Waals surface area contributed by atoms with E-state index >= 15 is 0 Å². The van der Waals surface area contributed by atoms with Gasteiger partial charge in [0.2, 0.25) is 0 Å². The van der Waals surface area contributed by atoms with Crippen molar-refractivity contribution in [1.29, 1.82) is 0 Å². The summed E-state index contributed by atoms with van der Waals surface area (Å²) in [6.07, 6.45) is 2.75. The Balaban J connectivity index is 1.56. The highest BCUT2D eigenvalue weighted by Crippen LogP contribution is 2.27. The maximum Gasteiger partial charge on any atom is 0.193 e. The molecule has 0 aliphatic rings. The van der Waals surface area contributed by atoms with Gasteiger partial charge < -0.3 is 4.57 Å². The minimum absolute atomic E-state index is 0.0871. The highest BCUT2D eigenvalue weighted by Gasteiger charge is 2.20. The van der Waals surface area contributed by atoms with Crippen molar-refractivity contribution in [2.45, 2.75) is 45.8 Å². The largest absolute Gasteiger partial charge is 0.302 e. The number of Topliss-reactive ketones (excluding diaryl/α,β-unsaturated/α-hetero) is 1. The predicted molar refractivity (Wildman–Crippen MR) is 126 cm³/mol. The fourth-order valence-corrected chi connectivity index (χ4v) is 5.29. The van der Waals surface area contributed by atoms with Crippen LogP contribution in [0.15, 0.2) is 47.1 Å². The van der Waals surface area contributed by atoms with E-state index in [-0.39, 0.29) is 5.78 Å². The lowest BCUT2D eigenvalue weighted by Crippen LogP contribution is -2.07. The Labute approximate surface area is 190 Å². The number of nitrogens with zero attached hydrogens (tertiary/aromatic N) is 5. The topological polar surface area (TPSA) is 65.6 Å². The molecule has 0 aliphatic heterocycles. The smallest absolute Gasteiger partial charge is 0.193 e. The average molecular weight is 452 g/mol. The summed E-state index contributed by atoms with van der Waals surface area (Å²) in [4.78, 5) is 17.4. The lowest BCUT2D eigenvalue weighted by atomic mass is 10.1. The Morgan fingerprint density at radius 1 is 1.16 bits per heavy atom. The molecule has 8 heteroatoms. The minimum atomic E-state index is 0.0871. The van der Waals surface area contributed by atoms with Gasteiger partial charge in [0.25, 0.3) is 0 Å². The van der Waals surface area contributed by atoms with E-state index in [0.717, 1.165) is 51.6 Å². The van der Waals surface area contributed by atoms with E-state index < -0.39 is 0 Å². The van der Waals surface area contributed by atoms with E-state index in [2.05, 4.69) is 51.8 Å². The van der Waals surface area contributed by atoms with Gasteiger partial charge >= 0.3 is 0 Å². The second kappa shape index (κ2) is 9.20. The molecule has 31 heavy (non-hydrogen) atoms. The van der Waals surface area contributed by atoms with Crippen molar-refractivity contribution in [3.63, 3.8) is 0 Å². The lowest BCUT2D eigenvalue weighted by molar-refractivity contribution is 0.102. The maximum absolute atomic E-state index is 13.1. The number of aromatic nitrogens is 5. The first-order chi connectivity index (χ1) is 15.0. The average Bonchev–Trinajstić information content (AvgIpc) is 3.46. The van der Waals surface area contributed by atoms with Crippen molar-refractivity contribution in [2.24, 2.45) is 0 Å². The van der Waals surface area contributed by atoms with Gasteiger partial charge in [0, 0.05) is 40.6 Å². The van der Waals surface area contributed by atoms with Gasteiger partial charge in [-0.3, -0.25) is 9.36 Å². The molecule has 0 amide bonds. The molecule has 4 aromatic rings. The molecular formula is C23H25N5OS2. The van der Waals surface area contributed by atoms with Gasteiger partial charge in [-0.15, -0.1) is 21.5 Å². The summed E-state index contributed by atoms with van der Waals surface area (Å²) in [6.45, 7) is 8.99. The third-order valence-electron chi connectivity index (χ3n) is 5.11. The molecule has 0 saturated carbocycles. The minimum Gasteiger partial charge on any atom is -0.302 e. The van der Waals surface area contributed by atoms with Gasteiger partial charge in [0.05, 0.1) is 5.75 Å². The molecule has 1 aromatic carbocycles. The third-order valence-corrected chi connectivity index (χ3v) is 6.84. The van der Waals surface area contributed by atoms with Crippen LogP contribution in [0.1, 0.15) is 40.7 Å². The van der Waals surface area contributed by atoms with Crippen LogP contribution >= 0.6 is 23.1 Å². The van der Waals surface area contributed by atoms with Gasteiger partial charge in [-0.1, -0.05) is 42.4 Å². The summed E-state index contributed by atoms with van der Waals surface area (Å²) in [5.74, 6) is 1.25. The monoisotopic (exact) mass is 451 g/mol. The van der Waals surface area contributed by atoms with Crippen molar-refractivity contribution in [2.75, 3.05) is 5.75 Å². The molecule has 0 saturated heterocycles. The van der Waals surface area contributed by atoms with E-state index in [1.54, 1.807) is 17.5 Å². The summed E-state index contributed by atoms with van der Waals surface area (Å²) in [5, 5.41) is 12.4. The number of thiazole rings is 1. The normalized spacial score (nSPS) is 11.2. The first-order valence-electron chi connectivity index (χ1n) is 10.2. The molecule has 0 atom stereocenters. The van der Waals surface area contributed by atoms with Crippen molar-refractivity contribution < 1.29 is 4.79 Å². The van der Waals surface area contributed by atoms with E-state index in [0.29, 0.717) is 5.75 Å². The van der Waals surface area contributed by atoms with Crippen LogP contribution in [-0.2, 0) is 6.54 Å². The van der Waals surface area contributed by atoms with Gasteiger partial charge in [0.1, 0.15) is 0 Å². The predicted octanol–water partition coefficient (Wildman–Crippen LogP) is 5.50. The number of ketones is 1. The van der Waals surface area contributed by atoms with Gasteiger partial charge in [-0.05, 0) is 39.3 Å². The zero-order valence-corrected chi connectivity index (χ0v) is 19.8. The zero-order valence-electron chi connectivity index (χ0n) is 18.1. The van der Waals surface area contributed by atoms with Crippen LogP contribution in [0.3, 0.4) is 0 Å². The molecule has 4 rings (SSSR count). The third kappa shape index (κ3) is 4.36. The fourth-order valence-electron chi connectivity index (χ4n) is 3.69. The number of carbonyl (C=O) groups is 1. The standard InChI is InChI=1S/C23H25N5OS2/c1-5-10-27-21(18-8-6-7-15(2)12-18)25-26-23(27)31-14-20(29)19-13-16(3)28(17(19)4)22-24-9-11-30-22/h6-9,11-13H,5,10,14H2,1-4H3. The van der Waals surface area contributed by atoms with E-state index in [4.69, 9.17) is 0 Å². The first kappa shape index (κ1) is 21.5. The molecule has 0 N–H and O–H groups in total. The van der Waals surface area contributed by atoms with Crippen molar-refractivity contribution in [1.82, 2.24) is 24.3 Å². The summed E-state index contributed by atoms with van der Waals surface area (Å²) < 4.78 is 4.16. The Kier molecular flexibility index (Phi) is 6.38. The highest BCUT2D eigenvalue weighted by atomic mass is 32.2. The Morgan fingerprint density at radius 3 is 2.71 bits per heavy atom. The molecule has 0 radical (unpaired) electrons. The SMILES string of the molecule is CCCn1c(SCC(=O)c2cc(C)n(-c3nccs3)c2C)nnc1-c1cccc(C)c1. The van der Waals surface area contributed by atoms with Gasteiger partial charge in [0.15, 0.2) is 21.9 Å². The quantitative estimate of drug-likeness (QED) is 0.261. The molecule has 0 aliphatic carbocycles. The number of rotatable bonds is 8. The van der Waals surface area contributed by atoms with Crippen molar-refractivity contribution in [3.05, 3.63) is 64.4 Å². The summed E-state index contributed by atoms with van der Waals surface area (Å²) in [7, 11) is 0. The number of carbonyl (C=O) groups excluding carboxylic acids is 1. The summed E-state index contributed by atoms with van der Waals surface area (Å²) in [6, 6.07) is 10.2. The van der Waals surface area contributed by atoms with Gasteiger partial charge in [-0.25, -0.2) is 4.98 Å². The fraction of sp³-hybridized carbons (Fsp3) is 0.304. The maximum atomic E-state index is 13.1. The first-order valence-corrected chi connectivity index (χ1v) is 12.1. The molecule has 0 unspecified atom stereocenters. The van der Waals surface area contributed by atoms with Crippen LogP contribution in [0.5, 0.6) is 0 Å². The van der Waals surface area contributed by atoms with Gasteiger partial charge in [-0.2, -0.15) is 0 Å². The number of aryl methyl sites for hydroxylation is 2. The second-order valence-electron chi connectivity index (χ2n) is 7.47. The molecular weight excluding hydrogens is 426 g/mol. The Morgan fingerprint density at radius 2 is 2.00 bits per heavy atom.